The van der Waals surface area contributed by atoms with Crippen LogP contribution in [0, 0.1) is 0 Å². The van der Waals surface area contributed by atoms with Crippen molar-refractivity contribution in [2.24, 2.45) is 7.05 Å². The highest BCUT2D eigenvalue weighted by Crippen LogP contribution is 2.33. The number of nitrogens with zero attached hydrogens (tertiary/aromatic N) is 2. The normalized spacial score (nSPS) is 19.3. The Hall–Kier alpha value is -2.19. The number of amides is 1. The first-order valence-electron chi connectivity index (χ1n) is 7.96. The summed E-state index contributed by atoms with van der Waals surface area (Å²) < 4.78 is 24.9. The molecular formula is C17H17N3O3S2. The van der Waals surface area contributed by atoms with E-state index in [-0.39, 0.29) is 23.5 Å². The number of carbonyl (C=O) groups excluding carboxylic acids is 1. The number of hydrogen-bond acceptors (Lipinski definition) is 5. The van der Waals surface area contributed by atoms with Crippen molar-refractivity contribution in [2.45, 2.75) is 12.5 Å². The van der Waals surface area contributed by atoms with E-state index in [1.54, 1.807) is 4.68 Å². The van der Waals surface area contributed by atoms with Gasteiger partial charge in [-0.3, -0.25) is 9.48 Å². The zero-order chi connectivity index (χ0) is 17.6. The lowest BCUT2D eigenvalue weighted by atomic mass is 10.1. The quantitative estimate of drug-likeness (QED) is 0.761. The second kappa shape index (κ2) is 5.96. The van der Waals surface area contributed by atoms with E-state index in [0.717, 1.165) is 21.5 Å². The Labute approximate surface area is 149 Å². The molecule has 130 valence electrons. The largest absolute Gasteiger partial charge is 0.348 e. The highest BCUT2D eigenvalue weighted by Gasteiger charge is 2.29. The molecule has 3 heterocycles. The van der Waals surface area contributed by atoms with Gasteiger partial charge in [0.2, 0.25) is 0 Å². The van der Waals surface area contributed by atoms with Crippen molar-refractivity contribution >= 4 is 37.3 Å². The van der Waals surface area contributed by atoms with Crippen molar-refractivity contribution in [3.05, 3.63) is 41.3 Å². The second-order valence-electron chi connectivity index (χ2n) is 6.24. The Morgan fingerprint density at radius 3 is 2.76 bits per heavy atom. The number of sulfone groups is 1. The molecule has 1 aromatic carbocycles. The predicted octanol–water partition coefficient (Wildman–Crippen LogP) is 2.22. The molecule has 1 amide bonds. The number of aromatic nitrogens is 2. The van der Waals surface area contributed by atoms with E-state index >= 15 is 0 Å². The number of rotatable bonds is 3. The fraction of sp³-hybridized carbons (Fsp3) is 0.294. The summed E-state index contributed by atoms with van der Waals surface area (Å²) in [5.41, 5.74) is 1.84. The van der Waals surface area contributed by atoms with Gasteiger partial charge < -0.3 is 5.32 Å². The van der Waals surface area contributed by atoms with Crippen LogP contribution in [0.5, 0.6) is 0 Å². The van der Waals surface area contributed by atoms with Gasteiger partial charge in [0.1, 0.15) is 10.5 Å². The van der Waals surface area contributed by atoms with Crippen LogP contribution < -0.4 is 5.32 Å². The fourth-order valence-electron chi connectivity index (χ4n) is 3.13. The lowest BCUT2D eigenvalue weighted by molar-refractivity contribution is 0.0945. The first-order valence-corrected chi connectivity index (χ1v) is 10.6. The summed E-state index contributed by atoms with van der Waals surface area (Å²) in [5.74, 6) is -0.0466. The first kappa shape index (κ1) is 16.3. The molecule has 8 heteroatoms. The molecule has 2 aromatic heterocycles. The van der Waals surface area contributed by atoms with Gasteiger partial charge >= 0.3 is 0 Å². The number of nitrogens with one attached hydrogen (secondary N) is 1. The molecule has 0 aliphatic carbocycles. The summed E-state index contributed by atoms with van der Waals surface area (Å²) in [6.45, 7) is 0. The Kier molecular flexibility index (Phi) is 3.88. The van der Waals surface area contributed by atoms with E-state index < -0.39 is 9.84 Å². The minimum absolute atomic E-state index is 0.0282. The Morgan fingerprint density at radius 1 is 1.32 bits per heavy atom. The van der Waals surface area contributed by atoms with Crippen molar-refractivity contribution in [3.63, 3.8) is 0 Å². The van der Waals surface area contributed by atoms with Crippen LogP contribution in [0.4, 0.5) is 0 Å². The topological polar surface area (TPSA) is 81.1 Å². The van der Waals surface area contributed by atoms with E-state index in [9.17, 15) is 13.2 Å². The van der Waals surface area contributed by atoms with Crippen LogP contribution >= 0.6 is 11.3 Å². The minimum atomic E-state index is -3.01. The maximum Gasteiger partial charge on any atom is 0.261 e. The third-order valence-corrected chi connectivity index (χ3v) is 7.32. The van der Waals surface area contributed by atoms with Crippen LogP contribution in [0.2, 0.25) is 0 Å². The van der Waals surface area contributed by atoms with Crippen LogP contribution in [-0.2, 0) is 16.9 Å². The SMILES string of the molecule is Cn1nc(-c2ccccc2)c2cc(C(=O)NC3CCS(=O)(=O)C3)sc21. The highest BCUT2D eigenvalue weighted by molar-refractivity contribution is 7.91. The van der Waals surface area contributed by atoms with Crippen LogP contribution in [0.3, 0.4) is 0 Å². The molecule has 1 fully saturated rings. The van der Waals surface area contributed by atoms with Crippen LogP contribution in [0.25, 0.3) is 21.5 Å². The van der Waals surface area contributed by atoms with Gasteiger partial charge in [0.05, 0.1) is 16.4 Å². The number of benzene rings is 1. The van der Waals surface area contributed by atoms with Crippen molar-refractivity contribution in [3.8, 4) is 11.3 Å². The van der Waals surface area contributed by atoms with Crippen molar-refractivity contribution in [2.75, 3.05) is 11.5 Å². The van der Waals surface area contributed by atoms with Gasteiger partial charge in [-0.2, -0.15) is 5.10 Å². The summed E-state index contributed by atoms with van der Waals surface area (Å²) in [6, 6.07) is 11.4. The van der Waals surface area contributed by atoms with Crippen molar-refractivity contribution < 1.29 is 13.2 Å². The predicted molar refractivity (Wildman–Crippen MR) is 98.6 cm³/mol. The third kappa shape index (κ3) is 3.07. The van der Waals surface area contributed by atoms with Gasteiger partial charge in [0.25, 0.3) is 5.91 Å². The molecular weight excluding hydrogens is 358 g/mol. The molecule has 25 heavy (non-hydrogen) atoms. The molecule has 1 saturated heterocycles. The number of fused-ring (bicyclic) bond motifs is 1. The number of thiophene rings is 1. The van der Waals surface area contributed by atoms with E-state index in [4.69, 9.17) is 0 Å². The van der Waals surface area contributed by atoms with Gasteiger partial charge in [-0.15, -0.1) is 11.3 Å². The molecule has 0 radical (unpaired) electrons. The maximum absolute atomic E-state index is 12.5. The molecule has 4 rings (SSSR count). The summed E-state index contributed by atoms with van der Waals surface area (Å²) in [7, 11) is -1.15. The van der Waals surface area contributed by atoms with Gasteiger partial charge in [0.15, 0.2) is 9.84 Å². The molecule has 1 unspecified atom stereocenters. The maximum atomic E-state index is 12.5. The smallest absolute Gasteiger partial charge is 0.261 e. The Balaban J connectivity index is 1.64. The molecule has 0 bridgehead atoms. The van der Waals surface area contributed by atoms with Crippen LogP contribution in [-0.4, -0.2) is 41.7 Å². The van der Waals surface area contributed by atoms with Crippen LogP contribution in [0.1, 0.15) is 16.1 Å². The lowest BCUT2D eigenvalue weighted by Crippen LogP contribution is -2.35. The average molecular weight is 375 g/mol. The fourth-order valence-corrected chi connectivity index (χ4v) is 5.78. The van der Waals surface area contributed by atoms with Crippen molar-refractivity contribution in [1.29, 1.82) is 0 Å². The highest BCUT2D eigenvalue weighted by atomic mass is 32.2. The van der Waals surface area contributed by atoms with Gasteiger partial charge in [0, 0.05) is 24.0 Å². The van der Waals surface area contributed by atoms with E-state index in [2.05, 4.69) is 10.4 Å². The van der Waals surface area contributed by atoms with Gasteiger partial charge in [-0.25, -0.2) is 8.42 Å². The number of hydrogen-bond donors (Lipinski definition) is 1. The second-order valence-corrected chi connectivity index (χ2v) is 9.50. The summed E-state index contributed by atoms with van der Waals surface area (Å²) in [5, 5.41) is 8.33. The van der Waals surface area contributed by atoms with Gasteiger partial charge in [-0.1, -0.05) is 30.3 Å². The van der Waals surface area contributed by atoms with Gasteiger partial charge in [-0.05, 0) is 12.5 Å². The van der Waals surface area contributed by atoms with E-state index in [1.807, 2.05) is 43.4 Å². The molecule has 1 N–H and O–H groups in total. The summed E-state index contributed by atoms with van der Waals surface area (Å²) in [6.07, 6.45) is 0.482. The summed E-state index contributed by atoms with van der Waals surface area (Å²) in [4.78, 5) is 14.0. The van der Waals surface area contributed by atoms with Crippen molar-refractivity contribution in [1.82, 2.24) is 15.1 Å². The molecule has 0 saturated carbocycles. The standard InChI is InChI=1S/C17H17N3O3S2/c1-20-17-13(15(19-20)11-5-3-2-4-6-11)9-14(24-17)16(21)18-12-7-8-25(22,23)10-12/h2-6,9,12H,7-8,10H2,1H3,(H,18,21). The number of carbonyl (C=O) groups is 1. The zero-order valence-electron chi connectivity index (χ0n) is 13.6. The first-order chi connectivity index (χ1) is 11.9. The number of aryl methyl sites for hydroxylation is 1. The lowest BCUT2D eigenvalue weighted by Gasteiger charge is -2.09. The third-order valence-electron chi connectivity index (χ3n) is 4.35. The summed E-state index contributed by atoms with van der Waals surface area (Å²) >= 11 is 1.37. The average Bonchev–Trinajstić information content (AvgIpc) is 3.24. The molecule has 1 aliphatic rings. The zero-order valence-corrected chi connectivity index (χ0v) is 15.2. The molecule has 6 nitrogen and oxygen atoms in total. The molecule has 1 atom stereocenters. The monoisotopic (exact) mass is 375 g/mol. The minimum Gasteiger partial charge on any atom is -0.348 e. The molecule has 3 aromatic rings. The Bertz CT molecular complexity index is 1050. The molecule has 0 spiro atoms. The van der Waals surface area contributed by atoms with Crippen LogP contribution in [0.15, 0.2) is 36.4 Å². The van der Waals surface area contributed by atoms with E-state index in [1.165, 1.54) is 11.3 Å². The Morgan fingerprint density at radius 2 is 2.08 bits per heavy atom. The van der Waals surface area contributed by atoms with E-state index in [0.29, 0.717) is 11.3 Å². The molecule has 1 aliphatic heterocycles.